The van der Waals surface area contributed by atoms with Crippen LogP contribution in [0.4, 0.5) is 16.0 Å². The van der Waals surface area contributed by atoms with Gasteiger partial charge in [0.2, 0.25) is 5.95 Å². The number of aliphatic hydroxyl groups is 1. The van der Waals surface area contributed by atoms with Gasteiger partial charge < -0.3 is 20.3 Å². The largest absolute Gasteiger partial charge is 0.400 e. The van der Waals surface area contributed by atoms with Crippen molar-refractivity contribution in [3.63, 3.8) is 0 Å². The molecular weight excluding hydrogens is 480 g/mol. The number of benzene rings is 2. The van der Waals surface area contributed by atoms with E-state index in [0.29, 0.717) is 34.6 Å². The first-order chi connectivity index (χ1) is 16.4. The minimum atomic E-state index is -0.431. The molecule has 4 aromatic rings. The van der Waals surface area contributed by atoms with Crippen LogP contribution in [0.2, 0.25) is 10.0 Å². The summed E-state index contributed by atoms with van der Waals surface area (Å²) in [5.41, 5.74) is 2.69. The van der Waals surface area contributed by atoms with Crippen LogP contribution in [-0.4, -0.2) is 32.7 Å². The Morgan fingerprint density at radius 3 is 2.68 bits per heavy atom. The minimum Gasteiger partial charge on any atom is -0.400 e. The normalized spacial score (nSPS) is 10.3. The maximum absolute atomic E-state index is 13.3. The summed E-state index contributed by atoms with van der Waals surface area (Å²) < 4.78 is 15.0. The summed E-state index contributed by atoms with van der Waals surface area (Å²) >= 11 is 12.1. The third-order valence-electron chi connectivity index (χ3n) is 4.66. The number of rotatable bonds is 6. The summed E-state index contributed by atoms with van der Waals surface area (Å²) in [6.45, 7) is 2.23. The maximum Gasteiger partial charge on any atom is 0.253 e. The molecule has 0 saturated carbocycles. The van der Waals surface area contributed by atoms with Gasteiger partial charge in [0.15, 0.2) is 0 Å². The summed E-state index contributed by atoms with van der Waals surface area (Å²) in [5, 5.41) is 13.7. The Morgan fingerprint density at radius 2 is 1.94 bits per heavy atom. The van der Waals surface area contributed by atoms with E-state index in [-0.39, 0.29) is 10.9 Å². The van der Waals surface area contributed by atoms with Gasteiger partial charge in [0, 0.05) is 42.8 Å². The van der Waals surface area contributed by atoms with Gasteiger partial charge in [-0.25, -0.2) is 9.37 Å². The Balaban J connectivity index is 0.00000158. The zero-order valence-electron chi connectivity index (χ0n) is 18.4. The predicted molar refractivity (Wildman–Crippen MR) is 132 cm³/mol. The molecule has 0 saturated heterocycles. The van der Waals surface area contributed by atoms with Gasteiger partial charge in [0.25, 0.3) is 5.91 Å². The zero-order chi connectivity index (χ0) is 24.7. The van der Waals surface area contributed by atoms with Gasteiger partial charge in [-0.3, -0.25) is 4.79 Å². The SMILES string of the molecule is CO.Cc1cnc(Nc2ccc(F)cc2Cl)nc1-n1ccc(C(=O)NCc2cccc(Cl)c2)c1. The summed E-state index contributed by atoms with van der Waals surface area (Å²) in [6.07, 6.45) is 5.09. The molecule has 3 N–H and O–H groups in total. The van der Waals surface area contributed by atoms with Gasteiger partial charge in [-0.1, -0.05) is 35.3 Å². The van der Waals surface area contributed by atoms with Gasteiger partial charge in [-0.2, -0.15) is 4.98 Å². The lowest BCUT2D eigenvalue weighted by Crippen LogP contribution is -2.22. The fourth-order valence-corrected chi connectivity index (χ4v) is 3.49. The molecule has 4 rings (SSSR count). The molecule has 34 heavy (non-hydrogen) atoms. The molecular formula is C24H22Cl2FN5O2. The molecule has 0 spiro atoms. The third kappa shape index (κ3) is 6.32. The summed E-state index contributed by atoms with van der Waals surface area (Å²) in [6, 6.07) is 13.0. The average Bonchev–Trinajstić information content (AvgIpc) is 3.32. The lowest BCUT2D eigenvalue weighted by molar-refractivity contribution is 0.0951. The first kappa shape index (κ1) is 25.2. The number of carbonyl (C=O) groups is 1. The van der Waals surface area contributed by atoms with Crippen molar-refractivity contribution in [3.8, 4) is 5.82 Å². The number of carbonyl (C=O) groups excluding carboxylic acids is 1. The fraction of sp³-hybridized carbons (Fsp3) is 0.125. The Bertz CT molecular complexity index is 1300. The number of halogens is 3. The van der Waals surface area contributed by atoms with Crippen molar-refractivity contribution >= 4 is 40.7 Å². The van der Waals surface area contributed by atoms with Crippen LogP contribution in [0.1, 0.15) is 21.5 Å². The lowest BCUT2D eigenvalue weighted by Gasteiger charge is -2.11. The van der Waals surface area contributed by atoms with Crippen LogP contribution in [-0.2, 0) is 6.54 Å². The van der Waals surface area contributed by atoms with E-state index in [1.807, 2.05) is 19.1 Å². The van der Waals surface area contributed by atoms with Crippen molar-refractivity contribution in [2.75, 3.05) is 12.4 Å². The highest BCUT2D eigenvalue weighted by Gasteiger charge is 2.12. The van der Waals surface area contributed by atoms with Gasteiger partial charge >= 0.3 is 0 Å². The van der Waals surface area contributed by atoms with Crippen LogP contribution >= 0.6 is 23.2 Å². The van der Waals surface area contributed by atoms with Gasteiger partial charge in [-0.15, -0.1) is 0 Å². The van der Waals surface area contributed by atoms with Crippen molar-refractivity contribution in [1.29, 1.82) is 0 Å². The molecule has 0 atom stereocenters. The molecule has 0 radical (unpaired) electrons. The number of nitrogens with one attached hydrogen (secondary N) is 2. The van der Waals surface area contributed by atoms with Crippen LogP contribution < -0.4 is 10.6 Å². The molecule has 176 valence electrons. The Morgan fingerprint density at radius 1 is 1.15 bits per heavy atom. The smallest absolute Gasteiger partial charge is 0.253 e. The van der Waals surface area contributed by atoms with Gasteiger partial charge in [0.1, 0.15) is 11.6 Å². The molecule has 0 fully saturated rings. The van der Waals surface area contributed by atoms with E-state index in [2.05, 4.69) is 20.6 Å². The van der Waals surface area contributed by atoms with Crippen molar-refractivity contribution in [2.45, 2.75) is 13.5 Å². The van der Waals surface area contributed by atoms with Crippen LogP contribution in [0.3, 0.4) is 0 Å². The Hall–Kier alpha value is -3.46. The molecule has 2 aromatic heterocycles. The fourth-order valence-electron chi connectivity index (χ4n) is 3.06. The van der Waals surface area contributed by atoms with Crippen molar-refractivity contribution < 1.29 is 14.3 Å². The van der Waals surface area contributed by atoms with Crippen molar-refractivity contribution in [3.05, 3.63) is 99.7 Å². The van der Waals surface area contributed by atoms with E-state index in [0.717, 1.165) is 18.2 Å². The van der Waals surface area contributed by atoms with Gasteiger partial charge in [-0.05, 0) is 48.9 Å². The van der Waals surface area contributed by atoms with Crippen LogP contribution in [0.25, 0.3) is 5.82 Å². The summed E-state index contributed by atoms with van der Waals surface area (Å²) in [4.78, 5) is 21.3. The Kier molecular flexibility index (Phi) is 8.59. The van der Waals surface area contributed by atoms with E-state index in [1.54, 1.807) is 41.4 Å². The molecule has 2 aromatic carbocycles. The molecule has 0 aliphatic carbocycles. The highest BCUT2D eigenvalue weighted by Crippen LogP contribution is 2.25. The van der Waals surface area contributed by atoms with E-state index >= 15 is 0 Å². The third-order valence-corrected chi connectivity index (χ3v) is 5.21. The standard InChI is InChI=1S/C23H18Cl2FN5O.CH4O/c1-14-11-28-23(29-20-6-5-18(26)10-19(20)25)30-21(14)31-8-7-16(13-31)22(32)27-12-15-3-2-4-17(24)9-15;1-2/h2-11,13H,12H2,1H3,(H,27,32)(H,28,29,30);2H,1H3. The first-order valence-corrected chi connectivity index (χ1v) is 10.9. The molecule has 2 heterocycles. The summed E-state index contributed by atoms with van der Waals surface area (Å²) in [7, 11) is 1.00. The maximum atomic E-state index is 13.3. The zero-order valence-corrected chi connectivity index (χ0v) is 19.9. The number of hydrogen-bond donors (Lipinski definition) is 3. The lowest BCUT2D eigenvalue weighted by atomic mass is 10.2. The van der Waals surface area contributed by atoms with E-state index in [9.17, 15) is 9.18 Å². The first-order valence-electron chi connectivity index (χ1n) is 10.1. The minimum absolute atomic E-state index is 0.216. The molecule has 0 bridgehead atoms. The predicted octanol–water partition coefficient (Wildman–Crippen LogP) is 5.30. The second-order valence-corrected chi connectivity index (χ2v) is 7.91. The van der Waals surface area contributed by atoms with Gasteiger partial charge in [0.05, 0.1) is 16.3 Å². The van der Waals surface area contributed by atoms with Crippen molar-refractivity contribution in [2.24, 2.45) is 0 Å². The van der Waals surface area contributed by atoms with Crippen LogP contribution in [0.5, 0.6) is 0 Å². The number of amides is 1. The highest BCUT2D eigenvalue weighted by atomic mass is 35.5. The molecule has 0 aliphatic rings. The molecule has 10 heteroatoms. The number of anilines is 2. The van der Waals surface area contributed by atoms with E-state index < -0.39 is 5.82 Å². The van der Waals surface area contributed by atoms with E-state index in [1.165, 1.54) is 18.2 Å². The molecule has 1 amide bonds. The topological polar surface area (TPSA) is 92.1 Å². The number of aliphatic hydroxyl groups excluding tert-OH is 1. The second-order valence-electron chi connectivity index (χ2n) is 7.07. The van der Waals surface area contributed by atoms with Crippen molar-refractivity contribution in [1.82, 2.24) is 19.9 Å². The summed E-state index contributed by atoms with van der Waals surface area (Å²) in [5.74, 6) is 0.237. The number of hydrogen-bond acceptors (Lipinski definition) is 5. The second kappa shape index (κ2) is 11.6. The number of nitrogens with zero attached hydrogens (tertiary/aromatic N) is 3. The van der Waals surface area contributed by atoms with E-state index in [4.69, 9.17) is 28.3 Å². The number of aromatic nitrogens is 3. The Labute approximate surface area is 206 Å². The van der Waals surface area contributed by atoms with Crippen LogP contribution in [0, 0.1) is 12.7 Å². The average molecular weight is 502 g/mol. The molecule has 7 nitrogen and oxygen atoms in total. The molecule has 0 aliphatic heterocycles. The quantitative estimate of drug-likeness (QED) is 0.333. The van der Waals surface area contributed by atoms with Crippen LogP contribution in [0.15, 0.2) is 67.1 Å². The molecule has 0 unspecified atom stereocenters. The highest BCUT2D eigenvalue weighted by molar-refractivity contribution is 6.33. The monoisotopic (exact) mass is 501 g/mol. The number of aryl methyl sites for hydroxylation is 1.